The third kappa shape index (κ3) is 1.82. The van der Waals surface area contributed by atoms with Gasteiger partial charge in [0.25, 0.3) is 5.91 Å². The van der Waals surface area contributed by atoms with Crippen LogP contribution in [0.2, 0.25) is 0 Å². The summed E-state index contributed by atoms with van der Waals surface area (Å²) in [5, 5.41) is 0. The topological polar surface area (TPSA) is 34.9 Å². The minimum atomic E-state index is -1.66. The van der Waals surface area contributed by atoms with E-state index in [0.29, 0.717) is 11.9 Å². The van der Waals surface area contributed by atoms with Crippen molar-refractivity contribution in [1.82, 2.24) is 9.55 Å². The lowest BCUT2D eigenvalue weighted by Gasteiger charge is -2.05. The molecule has 0 aliphatic heterocycles. The number of benzene rings is 1. The van der Waals surface area contributed by atoms with Crippen LogP contribution in [0.4, 0.5) is 13.2 Å². The number of carbonyl (C=O) groups is 1. The number of imidazole rings is 1. The summed E-state index contributed by atoms with van der Waals surface area (Å²) in [4.78, 5) is 15.6. The summed E-state index contributed by atoms with van der Waals surface area (Å²) < 4.78 is 40.1. The number of rotatable bonds is 1. The molecule has 0 N–H and O–H groups in total. The third-order valence-electron chi connectivity index (χ3n) is 2.31. The summed E-state index contributed by atoms with van der Waals surface area (Å²) in [6.07, 6.45) is 2.67. The predicted molar refractivity (Wildman–Crippen MR) is 53.0 cm³/mol. The Balaban J connectivity index is 2.53. The maximum atomic E-state index is 13.4. The van der Waals surface area contributed by atoms with Crippen molar-refractivity contribution in [1.29, 1.82) is 0 Å². The van der Waals surface area contributed by atoms with Crippen LogP contribution in [0.15, 0.2) is 24.5 Å². The molecule has 17 heavy (non-hydrogen) atoms. The summed E-state index contributed by atoms with van der Waals surface area (Å²) in [7, 11) is 0. The molecule has 0 radical (unpaired) electrons. The molecular formula is C11H7F3N2O. The molecule has 0 spiro atoms. The monoisotopic (exact) mass is 240 g/mol. The average Bonchev–Trinajstić information content (AvgIpc) is 2.72. The number of aryl methyl sites for hydroxylation is 1. The van der Waals surface area contributed by atoms with E-state index in [4.69, 9.17) is 0 Å². The molecule has 1 aromatic carbocycles. The molecule has 3 nitrogen and oxygen atoms in total. The molecule has 2 aromatic rings. The molecule has 0 aliphatic rings. The fourth-order valence-electron chi connectivity index (χ4n) is 1.41. The van der Waals surface area contributed by atoms with Gasteiger partial charge in [-0.3, -0.25) is 9.36 Å². The lowest BCUT2D eigenvalue weighted by Crippen LogP contribution is -2.15. The van der Waals surface area contributed by atoms with Gasteiger partial charge in [0.15, 0.2) is 17.5 Å². The van der Waals surface area contributed by atoms with Gasteiger partial charge in [-0.15, -0.1) is 0 Å². The smallest absolute Gasteiger partial charge is 0.266 e. The van der Waals surface area contributed by atoms with E-state index in [0.717, 1.165) is 10.6 Å². The minimum Gasteiger partial charge on any atom is -0.270 e. The van der Waals surface area contributed by atoms with Crippen LogP contribution in [-0.4, -0.2) is 15.5 Å². The molecule has 0 amide bonds. The molecule has 0 saturated carbocycles. The zero-order chi connectivity index (χ0) is 12.6. The highest BCUT2D eigenvalue weighted by molar-refractivity contribution is 5.96. The van der Waals surface area contributed by atoms with Crippen LogP contribution in [0.5, 0.6) is 0 Å². The van der Waals surface area contributed by atoms with Crippen LogP contribution in [0.25, 0.3) is 0 Å². The molecule has 0 bridgehead atoms. The van der Waals surface area contributed by atoms with Crippen LogP contribution in [0, 0.1) is 24.4 Å². The van der Waals surface area contributed by atoms with Crippen molar-refractivity contribution in [3.8, 4) is 0 Å². The number of aromatic nitrogens is 2. The van der Waals surface area contributed by atoms with Gasteiger partial charge in [0.2, 0.25) is 0 Å². The molecular weight excluding hydrogens is 233 g/mol. The maximum Gasteiger partial charge on any atom is 0.266 e. The van der Waals surface area contributed by atoms with Crippen molar-refractivity contribution in [2.75, 3.05) is 0 Å². The van der Waals surface area contributed by atoms with Gasteiger partial charge in [-0.1, -0.05) is 0 Å². The Bertz CT molecular complexity index is 592. The van der Waals surface area contributed by atoms with E-state index in [-0.39, 0.29) is 0 Å². The van der Waals surface area contributed by atoms with E-state index in [2.05, 4.69) is 4.98 Å². The zero-order valence-corrected chi connectivity index (χ0v) is 8.75. The summed E-state index contributed by atoms with van der Waals surface area (Å²) >= 11 is 0. The number of carbonyl (C=O) groups excluding carboxylic acids is 1. The number of nitrogens with zero attached hydrogens (tertiary/aromatic N) is 2. The molecule has 6 heteroatoms. The molecule has 0 saturated heterocycles. The lowest BCUT2D eigenvalue weighted by molar-refractivity contribution is 0.0952. The van der Waals surface area contributed by atoms with Gasteiger partial charge in [-0.05, 0) is 19.1 Å². The van der Waals surface area contributed by atoms with E-state index in [9.17, 15) is 18.0 Å². The summed E-state index contributed by atoms with van der Waals surface area (Å²) in [5.74, 6) is -4.95. The highest BCUT2D eigenvalue weighted by atomic mass is 19.2. The molecule has 2 rings (SSSR count). The first-order valence-corrected chi connectivity index (χ1v) is 4.70. The summed E-state index contributed by atoms with van der Waals surface area (Å²) in [6, 6.07) is 1.60. The SMILES string of the molecule is Cc1nccn1C(=O)c1ccc(F)c(F)c1F. The molecule has 1 heterocycles. The van der Waals surface area contributed by atoms with Crippen LogP contribution >= 0.6 is 0 Å². The van der Waals surface area contributed by atoms with Gasteiger partial charge in [-0.25, -0.2) is 18.2 Å². The van der Waals surface area contributed by atoms with E-state index in [1.807, 2.05) is 0 Å². The number of hydrogen-bond acceptors (Lipinski definition) is 2. The predicted octanol–water partition coefficient (Wildman–Crippen LogP) is 2.30. The van der Waals surface area contributed by atoms with Gasteiger partial charge in [0.05, 0.1) is 5.56 Å². The Labute approximate surface area is 94.5 Å². The highest BCUT2D eigenvalue weighted by Crippen LogP contribution is 2.16. The molecule has 1 aromatic heterocycles. The molecule has 0 atom stereocenters. The molecule has 0 aliphatic carbocycles. The summed E-state index contributed by atoms with van der Waals surface area (Å²) in [5.41, 5.74) is -0.537. The maximum absolute atomic E-state index is 13.4. The van der Waals surface area contributed by atoms with Gasteiger partial charge in [0, 0.05) is 12.4 Å². The highest BCUT2D eigenvalue weighted by Gasteiger charge is 2.20. The van der Waals surface area contributed by atoms with Gasteiger partial charge < -0.3 is 0 Å². The fourth-order valence-corrected chi connectivity index (χ4v) is 1.41. The second-order valence-electron chi connectivity index (χ2n) is 3.37. The van der Waals surface area contributed by atoms with Crippen molar-refractivity contribution in [3.63, 3.8) is 0 Å². The largest absolute Gasteiger partial charge is 0.270 e. The Morgan fingerprint density at radius 2 is 1.94 bits per heavy atom. The Kier molecular flexibility index (Phi) is 2.71. The van der Waals surface area contributed by atoms with Gasteiger partial charge >= 0.3 is 0 Å². The quantitative estimate of drug-likeness (QED) is 0.717. The van der Waals surface area contributed by atoms with E-state index >= 15 is 0 Å². The van der Waals surface area contributed by atoms with Gasteiger partial charge in [0.1, 0.15) is 5.82 Å². The lowest BCUT2D eigenvalue weighted by atomic mass is 10.2. The number of halogens is 3. The Morgan fingerprint density at radius 3 is 2.53 bits per heavy atom. The van der Waals surface area contributed by atoms with E-state index < -0.39 is 28.9 Å². The first kappa shape index (κ1) is 11.4. The van der Waals surface area contributed by atoms with Crippen molar-refractivity contribution < 1.29 is 18.0 Å². The van der Waals surface area contributed by atoms with Crippen molar-refractivity contribution in [2.45, 2.75) is 6.92 Å². The second kappa shape index (κ2) is 4.04. The van der Waals surface area contributed by atoms with Crippen LogP contribution < -0.4 is 0 Å². The molecule has 0 fully saturated rings. The van der Waals surface area contributed by atoms with Crippen LogP contribution in [-0.2, 0) is 0 Å². The third-order valence-corrected chi connectivity index (χ3v) is 2.31. The fraction of sp³-hybridized carbons (Fsp3) is 0.0909. The van der Waals surface area contributed by atoms with Gasteiger partial charge in [-0.2, -0.15) is 0 Å². The molecule has 88 valence electrons. The van der Waals surface area contributed by atoms with Crippen LogP contribution in [0.3, 0.4) is 0 Å². The summed E-state index contributed by atoms with van der Waals surface area (Å²) in [6.45, 7) is 1.54. The normalized spacial score (nSPS) is 10.6. The molecule has 0 unspecified atom stereocenters. The Morgan fingerprint density at radius 1 is 1.24 bits per heavy atom. The van der Waals surface area contributed by atoms with E-state index in [1.165, 1.54) is 19.3 Å². The minimum absolute atomic E-state index is 0.333. The zero-order valence-electron chi connectivity index (χ0n) is 8.75. The van der Waals surface area contributed by atoms with Crippen molar-refractivity contribution in [2.24, 2.45) is 0 Å². The standard InChI is InChI=1S/C11H7F3N2O/c1-6-15-4-5-16(6)11(17)7-2-3-8(12)10(14)9(7)13/h2-5H,1H3. The average molecular weight is 240 g/mol. The Hall–Kier alpha value is -2.11. The van der Waals surface area contributed by atoms with Crippen molar-refractivity contribution >= 4 is 5.91 Å². The first-order chi connectivity index (χ1) is 8.02. The second-order valence-corrected chi connectivity index (χ2v) is 3.37. The van der Waals surface area contributed by atoms with Crippen molar-refractivity contribution in [3.05, 3.63) is 53.4 Å². The first-order valence-electron chi connectivity index (χ1n) is 4.70. The van der Waals surface area contributed by atoms with E-state index in [1.54, 1.807) is 0 Å². The number of hydrogen-bond donors (Lipinski definition) is 0. The van der Waals surface area contributed by atoms with Crippen LogP contribution in [0.1, 0.15) is 16.2 Å².